The fourth-order valence-corrected chi connectivity index (χ4v) is 8.22. The van der Waals surface area contributed by atoms with E-state index in [-0.39, 0.29) is 25.8 Å². The summed E-state index contributed by atoms with van der Waals surface area (Å²) in [5.41, 5.74) is 0. The SMILES string of the molecule is CCCCCCCCCCCCCCCCCCCCCCC(=O)OC(COCCCCCCCCCCCCCCCCCC)COP(=O)([O-])OCC[N+](C)(C)C. The van der Waals surface area contributed by atoms with Crippen molar-refractivity contribution in [2.45, 2.75) is 258 Å². The molecule has 8 nitrogen and oxygen atoms in total. The predicted octanol–water partition coefficient (Wildman–Crippen LogP) is 14.6. The van der Waals surface area contributed by atoms with Gasteiger partial charge in [0.25, 0.3) is 7.82 Å². The molecule has 9 heteroatoms. The van der Waals surface area contributed by atoms with Crippen LogP contribution in [0.25, 0.3) is 0 Å². The number of phosphoric ester groups is 1. The van der Waals surface area contributed by atoms with Crippen molar-refractivity contribution in [1.29, 1.82) is 0 Å². The Morgan fingerprint density at radius 3 is 1.14 bits per heavy atom. The molecule has 0 N–H and O–H groups in total. The zero-order chi connectivity index (χ0) is 42.7. The summed E-state index contributed by atoms with van der Waals surface area (Å²) in [6.45, 7) is 5.49. The maximum atomic E-state index is 12.7. The van der Waals surface area contributed by atoms with E-state index < -0.39 is 13.9 Å². The molecule has 0 spiro atoms. The molecule has 0 aromatic heterocycles. The van der Waals surface area contributed by atoms with Crippen molar-refractivity contribution in [2.24, 2.45) is 0 Å². The van der Waals surface area contributed by atoms with Gasteiger partial charge in [0.1, 0.15) is 19.3 Å². The highest BCUT2D eigenvalue weighted by Gasteiger charge is 2.20. The van der Waals surface area contributed by atoms with Gasteiger partial charge < -0.3 is 27.9 Å². The number of carbonyl (C=O) groups is 1. The third kappa shape index (κ3) is 46.6. The molecule has 0 saturated carbocycles. The number of esters is 1. The summed E-state index contributed by atoms with van der Waals surface area (Å²) < 4.78 is 34.7. The summed E-state index contributed by atoms with van der Waals surface area (Å²) >= 11 is 0. The second kappa shape index (κ2) is 43.2. The number of hydrogen-bond acceptors (Lipinski definition) is 7. The van der Waals surface area contributed by atoms with Gasteiger partial charge in [-0.2, -0.15) is 0 Å². The molecule has 0 aliphatic rings. The van der Waals surface area contributed by atoms with Crippen LogP contribution in [0, 0.1) is 0 Å². The van der Waals surface area contributed by atoms with Crippen molar-refractivity contribution in [2.75, 3.05) is 54.1 Å². The summed E-state index contributed by atoms with van der Waals surface area (Å²) in [6.07, 6.45) is 46.9. The van der Waals surface area contributed by atoms with Gasteiger partial charge in [0.05, 0.1) is 34.4 Å². The highest BCUT2D eigenvalue weighted by molar-refractivity contribution is 7.45. The standard InChI is InChI=1S/C49H100NO7P/c1-6-8-10-12-14-16-18-20-22-24-25-26-27-28-30-32-34-36-38-40-42-49(51)57-48(47-56-58(52,53)55-45-43-50(3,4)5)46-54-44-41-39-37-35-33-31-29-23-21-19-17-15-13-11-9-7-2/h48H,6-47H2,1-5H3. The van der Waals surface area contributed by atoms with Crippen molar-refractivity contribution in [3.8, 4) is 0 Å². The molecule has 2 unspecified atom stereocenters. The maximum absolute atomic E-state index is 12.7. The Kier molecular flexibility index (Phi) is 42.8. The van der Waals surface area contributed by atoms with Crippen LogP contribution in [0.4, 0.5) is 0 Å². The van der Waals surface area contributed by atoms with E-state index in [1.54, 1.807) is 0 Å². The van der Waals surface area contributed by atoms with E-state index in [1.807, 2.05) is 21.1 Å². The molecule has 0 aromatic carbocycles. The lowest BCUT2D eigenvalue weighted by molar-refractivity contribution is -0.870. The van der Waals surface area contributed by atoms with Crippen LogP contribution in [0.1, 0.15) is 251 Å². The minimum atomic E-state index is -4.52. The molecule has 0 radical (unpaired) electrons. The minimum absolute atomic E-state index is 0.0317. The largest absolute Gasteiger partial charge is 0.756 e. The van der Waals surface area contributed by atoms with Crippen LogP contribution < -0.4 is 4.89 Å². The second-order valence-corrected chi connectivity index (χ2v) is 20.0. The molecular formula is C49H100NO7P. The average Bonchev–Trinajstić information content (AvgIpc) is 3.18. The van der Waals surface area contributed by atoms with Crippen molar-refractivity contribution in [3.63, 3.8) is 0 Å². The van der Waals surface area contributed by atoms with E-state index in [2.05, 4.69) is 13.8 Å². The first-order valence-corrected chi connectivity index (χ1v) is 26.7. The molecule has 0 rings (SSSR count). The lowest BCUT2D eigenvalue weighted by atomic mass is 10.0. The van der Waals surface area contributed by atoms with E-state index in [4.69, 9.17) is 18.5 Å². The van der Waals surface area contributed by atoms with Crippen LogP contribution in [-0.4, -0.2) is 70.7 Å². The van der Waals surface area contributed by atoms with Crippen molar-refractivity contribution in [1.82, 2.24) is 0 Å². The second-order valence-electron chi connectivity index (χ2n) is 18.5. The molecule has 0 heterocycles. The van der Waals surface area contributed by atoms with Crippen LogP contribution in [0.3, 0.4) is 0 Å². The molecule has 0 saturated heterocycles. The van der Waals surface area contributed by atoms with Gasteiger partial charge in [0, 0.05) is 13.0 Å². The summed E-state index contributed by atoms with van der Waals surface area (Å²) in [5.74, 6) is -0.325. The van der Waals surface area contributed by atoms with Crippen LogP contribution in [-0.2, 0) is 27.9 Å². The number of nitrogens with zero attached hydrogens (tertiary/aromatic N) is 1. The van der Waals surface area contributed by atoms with Gasteiger partial charge in [-0.3, -0.25) is 9.36 Å². The Balaban J connectivity index is 4.09. The van der Waals surface area contributed by atoms with E-state index in [9.17, 15) is 14.3 Å². The highest BCUT2D eigenvalue weighted by Crippen LogP contribution is 2.38. The third-order valence-electron chi connectivity index (χ3n) is 11.4. The highest BCUT2D eigenvalue weighted by atomic mass is 31.2. The molecule has 0 aliphatic heterocycles. The van der Waals surface area contributed by atoms with Gasteiger partial charge in [-0.25, -0.2) is 0 Å². The van der Waals surface area contributed by atoms with E-state index in [1.165, 1.54) is 199 Å². The molecule has 0 aliphatic carbocycles. The summed E-state index contributed by atoms with van der Waals surface area (Å²) in [4.78, 5) is 25.1. The molecule has 58 heavy (non-hydrogen) atoms. The van der Waals surface area contributed by atoms with Gasteiger partial charge >= 0.3 is 5.97 Å². The fraction of sp³-hybridized carbons (Fsp3) is 0.980. The van der Waals surface area contributed by atoms with Gasteiger partial charge in [0.2, 0.25) is 0 Å². The molecule has 0 amide bonds. The average molecular weight is 846 g/mol. The summed E-state index contributed by atoms with van der Waals surface area (Å²) in [5, 5.41) is 0. The number of unbranched alkanes of at least 4 members (excludes halogenated alkanes) is 34. The quantitative estimate of drug-likeness (QED) is 0.0260. The molecule has 2 atom stereocenters. The van der Waals surface area contributed by atoms with E-state index in [0.29, 0.717) is 24.1 Å². The van der Waals surface area contributed by atoms with Crippen LogP contribution >= 0.6 is 7.82 Å². The Bertz CT molecular complexity index is 899. The number of phosphoric acid groups is 1. The van der Waals surface area contributed by atoms with Gasteiger partial charge in [-0.1, -0.05) is 232 Å². The molecule has 348 valence electrons. The van der Waals surface area contributed by atoms with Crippen molar-refractivity contribution in [3.05, 3.63) is 0 Å². The zero-order valence-corrected chi connectivity index (χ0v) is 40.4. The monoisotopic (exact) mass is 846 g/mol. The number of quaternary nitrogens is 1. The maximum Gasteiger partial charge on any atom is 0.306 e. The normalized spacial score (nSPS) is 13.6. The first-order chi connectivity index (χ1) is 28.1. The fourth-order valence-electron chi connectivity index (χ4n) is 7.49. The zero-order valence-electron chi connectivity index (χ0n) is 39.5. The van der Waals surface area contributed by atoms with E-state index >= 15 is 0 Å². The first-order valence-electron chi connectivity index (χ1n) is 25.3. The number of rotatable bonds is 48. The van der Waals surface area contributed by atoms with Crippen molar-refractivity contribution >= 4 is 13.8 Å². The lowest BCUT2D eigenvalue weighted by Crippen LogP contribution is -2.37. The third-order valence-corrected chi connectivity index (χ3v) is 12.4. The number of ether oxygens (including phenoxy) is 2. The number of carbonyl (C=O) groups excluding carboxylic acids is 1. The number of hydrogen-bond donors (Lipinski definition) is 0. The molecule has 0 aromatic rings. The topological polar surface area (TPSA) is 94.1 Å². The lowest BCUT2D eigenvalue weighted by Gasteiger charge is -2.28. The summed E-state index contributed by atoms with van der Waals surface area (Å²) in [7, 11) is 1.38. The Morgan fingerprint density at radius 2 is 0.793 bits per heavy atom. The van der Waals surface area contributed by atoms with Crippen LogP contribution in [0.15, 0.2) is 0 Å². The Morgan fingerprint density at radius 1 is 0.466 bits per heavy atom. The minimum Gasteiger partial charge on any atom is -0.756 e. The Hall–Kier alpha value is -0.500. The number of likely N-dealkylation sites (N-methyl/N-ethyl adjacent to an activating group) is 1. The van der Waals surface area contributed by atoms with Gasteiger partial charge in [-0.05, 0) is 12.8 Å². The molecular weight excluding hydrogens is 746 g/mol. The predicted molar refractivity (Wildman–Crippen MR) is 245 cm³/mol. The van der Waals surface area contributed by atoms with Crippen LogP contribution in [0.5, 0.6) is 0 Å². The summed E-state index contributed by atoms with van der Waals surface area (Å²) in [6, 6.07) is 0. The van der Waals surface area contributed by atoms with Crippen molar-refractivity contribution < 1.29 is 37.3 Å². The van der Waals surface area contributed by atoms with E-state index in [0.717, 1.165) is 32.1 Å². The molecule has 0 fully saturated rings. The van der Waals surface area contributed by atoms with Gasteiger partial charge in [0.15, 0.2) is 0 Å². The first kappa shape index (κ1) is 57.5. The van der Waals surface area contributed by atoms with Gasteiger partial charge in [-0.15, -0.1) is 0 Å². The smallest absolute Gasteiger partial charge is 0.306 e. The molecule has 0 bridgehead atoms. The van der Waals surface area contributed by atoms with Crippen LogP contribution in [0.2, 0.25) is 0 Å². The Labute approximate surface area is 361 Å².